The van der Waals surface area contributed by atoms with Crippen LogP contribution in [-0.4, -0.2) is 31.0 Å². The molecule has 0 radical (unpaired) electrons. The van der Waals surface area contributed by atoms with Crippen molar-refractivity contribution in [3.8, 4) is 5.75 Å². The third-order valence-electron chi connectivity index (χ3n) is 3.35. The standard InChI is InChI=1S/C17H17N3O/c1-21-15-4-2-3-14(11-15)16(12-17-19-9-10-20-17)13-5-7-18-8-6-13/h2-8,11-12H,9-10H2,1H3,(H,19,20)/b16-12+. The van der Waals surface area contributed by atoms with Crippen molar-refractivity contribution in [2.24, 2.45) is 4.99 Å². The van der Waals surface area contributed by atoms with Crippen LogP contribution in [0.15, 0.2) is 59.9 Å². The highest BCUT2D eigenvalue weighted by atomic mass is 16.5. The second kappa shape index (κ2) is 6.22. The summed E-state index contributed by atoms with van der Waals surface area (Å²) in [5.41, 5.74) is 3.30. The predicted octanol–water partition coefficient (Wildman–Crippen LogP) is 2.52. The normalized spacial score (nSPS) is 14.5. The number of hydrogen-bond acceptors (Lipinski definition) is 4. The van der Waals surface area contributed by atoms with E-state index in [1.165, 1.54) is 0 Å². The molecule has 0 amide bonds. The maximum atomic E-state index is 5.33. The van der Waals surface area contributed by atoms with E-state index >= 15 is 0 Å². The molecule has 1 N–H and O–H groups in total. The summed E-state index contributed by atoms with van der Waals surface area (Å²) in [7, 11) is 1.68. The van der Waals surface area contributed by atoms with Gasteiger partial charge in [0.2, 0.25) is 0 Å². The fraction of sp³-hybridized carbons (Fsp3) is 0.176. The van der Waals surface area contributed by atoms with E-state index in [2.05, 4.69) is 27.4 Å². The summed E-state index contributed by atoms with van der Waals surface area (Å²) in [5, 5.41) is 3.28. The minimum absolute atomic E-state index is 0.827. The summed E-state index contributed by atoms with van der Waals surface area (Å²) in [6, 6.07) is 12.0. The SMILES string of the molecule is COc1cccc(/C(=C/C2=NCCN2)c2ccncc2)c1. The van der Waals surface area contributed by atoms with Crippen molar-refractivity contribution < 1.29 is 4.74 Å². The molecule has 4 nitrogen and oxygen atoms in total. The number of rotatable bonds is 4. The van der Waals surface area contributed by atoms with Gasteiger partial charge in [-0.25, -0.2) is 0 Å². The van der Waals surface area contributed by atoms with Crippen LogP contribution in [0.3, 0.4) is 0 Å². The molecule has 0 atom stereocenters. The lowest BCUT2D eigenvalue weighted by atomic mass is 9.98. The predicted molar refractivity (Wildman–Crippen MR) is 84.6 cm³/mol. The Morgan fingerprint density at radius 2 is 2.05 bits per heavy atom. The number of aromatic nitrogens is 1. The van der Waals surface area contributed by atoms with E-state index < -0.39 is 0 Å². The molecule has 1 aliphatic heterocycles. The average molecular weight is 279 g/mol. The van der Waals surface area contributed by atoms with Crippen LogP contribution < -0.4 is 10.1 Å². The monoisotopic (exact) mass is 279 g/mol. The number of nitrogens with one attached hydrogen (secondary N) is 1. The first-order chi connectivity index (χ1) is 10.4. The van der Waals surface area contributed by atoms with Gasteiger partial charge in [-0.2, -0.15) is 0 Å². The van der Waals surface area contributed by atoms with Gasteiger partial charge >= 0.3 is 0 Å². The van der Waals surface area contributed by atoms with Gasteiger partial charge in [-0.15, -0.1) is 0 Å². The van der Waals surface area contributed by atoms with Gasteiger partial charge in [0.25, 0.3) is 0 Å². The molecule has 21 heavy (non-hydrogen) atoms. The Labute approximate surface area is 124 Å². The van der Waals surface area contributed by atoms with Gasteiger partial charge in [0, 0.05) is 18.9 Å². The Kier molecular flexibility index (Phi) is 3.96. The molecule has 0 spiro atoms. The van der Waals surface area contributed by atoms with Gasteiger partial charge in [-0.3, -0.25) is 9.98 Å². The van der Waals surface area contributed by atoms with E-state index in [0.29, 0.717) is 0 Å². The number of methoxy groups -OCH3 is 1. The summed E-state index contributed by atoms with van der Waals surface area (Å²) < 4.78 is 5.33. The van der Waals surface area contributed by atoms with E-state index in [1.807, 2.05) is 30.3 Å². The summed E-state index contributed by atoms with van der Waals surface area (Å²) in [5.74, 6) is 1.76. The van der Waals surface area contributed by atoms with Gasteiger partial charge in [0.05, 0.1) is 13.7 Å². The molecule has 0 unspecified atom stereocenters. The van der Waals surface area contributed by atoms with Crippen molar-refractivity contribution in [1.82, 2.24) is 10.3 Å². The third-order valence-corrected chi connectivity index (χ3v) is 3.35. The van der Waals surface area contributed by atoms with E-state index in [-0.39, 0.29) is 0 Å². The molecule has 4 heteroatoms. The lowest BCUT2D eigenvalue weighted by molar-refractivity contribution is 0.414. The average Bonchev–Trinajstić information content (AvgIpc) is 3.07. The first-order valence-corrected chi connectivity index (χ1v) is 6.91. The summed E-state index contributed by atoms with van der Waals surface area (Å²) in [6.07, 6.45) is 5.68. The van der Waals surface area contributed by atoms with Crippen LogP contribution in [0.25, 0.3) is 5.57 Å². The molecule has 0 saturated heterocycles. The number of pyridine rings is 1. The Morgan fingerprint density at radius 3 is 2.76 bits per heavy atom. The molecule has 106 valence electrons. The lowest BCUT2D eigenvalue weighted by Gasteiger charge is -2.10. The number of hydrogen-bond donors (Lipinski definition) is 1. The zero-order valence-electron chi connectivity index (χ0n) is 11.9. The van der Waals surface area contributed by atoms with Crippen LogP contribution in [-0.2, 0) is 0 Å². The zero-order chi connectivity index (χ0) is 14.5. The third kappa shape index (κ3) is 3.11. The fourth-order valence-corrected chi connectivity index (χ4v) is 2.31. The Balaban J connectivity index is 2.07. The van der Waals surface area contributed by atoms with Crippen LogP contribution in [0.2, 0.25) is 0 Å². The molecular formula is C17H17N3O. The molecule has 0 saturated carbocycles. The first kappa shape index (κ1) is 13.4. The van der Waals surface area contributed by atoms with Gasteiger partial charge in [0.15, 0.2) is 0 Å². The maximum Gasteiger partial charge on any atom is 0.121 e. The van der Waals surface area contributed by atoms with Crippen LogP contribution in [0, 0.1) is 0 Å². The van der Waals surface area contributed by atoms with Crippen molar-refractivity contribution >= 4 is 11.4 Å². The molecule has 1 aromatic heterocycles. The van der Waals surface area contributed by atoms with Gasteiger partial charge in [-0.1, -0.05) is 12.1 Å². The molecule has 1 aliphatic rings. The highest BCUT2D eigenvalue weighted by Crippen LogP contribution is 2.26. The van der Waals surface area contributed by atoms with Crippen molar-refractivity contribution in [1.29, 1.82) is 0 Å². The van der Waals surface area contributed by atoms with Crippen LogP contribution in [0.4, 0.5) is 0 Å². The second-order valence-electron chi connectivity index (χ2n) is 4.72. The topological polar surface area (TPSA) is 46.5 Å². The second-order valence-corrected chi connectivity index (χ2v) is 4.72. The van der Waals surface area contributed by atoms with E-state index in [4.69, 9.17) is 4.74 Å². The van der Waals surface area contributed by atoms with Crippen molar-refractivity contribution in [3.05, 3.63) is 66.0 Å². The molecule has 1 aromatic carbocycles. The van der Waals surface area contributed by atoms with E-state index in [1.54, 1.807) is 19.5 Å². The first-order valence-electron chi connectivity index (χ1n) is 6.91. The smallest absolute Gasteiger partial charge is 0.121 e. The number of nitrogens with zero attached hydrogens (tertiary/aromatic N) is 2. The van der Waals surface area contributed by atoms with Crippen LogP contribution in [0.5, 0.6) is 5.75 Å². The van der Waals surface area contributed by atoms with Crippen molar-refractivity contribution in [3.63, 3.8) is 0 Å². The van der Waals surface area contributed by atoms with Crippen LogP contribution >= 0.6 is 0 Å². The molecule has 0 aliphatic carbocycles. The molecule has 2 aromatic rings. The van der Waals surface area contributed by atoms with Gasteiger partial charge in [-0.05, 0) is 47.0 Å². The Morgan fingerprint density at radius 1 is 1.19 bits per heavy atom. The highest BCUT2D eigenvalue weighted by Gasteiger charge is 2.09. The fourth-order valence-electron chi connectivity index (χ4n) is 2.31. The van der Waals surface area contributed by atoms with E-state index in [9.17, 15) is 0 Å². The summed E-state index contributed by atoms with van der Waals surface area (Å²) >= 11 is 0. The molecule has 3 rings (SSSR count). The molecule has 0 fully saturated rings. The molecule has 2 heterocycles. The number of aliphatic imine (C=N–C) groups is 1. The van der Waals surface area contributed by atoms with Gasteiger partial charge in [0.1, 0.15) is 11.6 Å². The van der Waals surface area contributed by atoms with Crippen LogP contribution in [0.1, 0.15) is 11.1 Å². The lowest BCUT2D eigenvalue weighted by Crippen LogP contribution is -2.16. The number of amidine groups is 1. The quantitative estimate of drug-likeness (QED) is 0.935. The maximum absolute atomic E-state index is 5.33. The Hall–Kier alpha value is -2.62. The molecule has 0 bridgehead atoms. The van der Waals surface area contributed by atoms with E-state index in [0.717, 1.165) is 41.4 Å². The minimum Gasteiger partial charge on any atom is -0.497 e. The molecular weight excluding hydrogens is 262 g/mol. The van der Waals surface area contributed by atoms with Crippen molar-refractivity contribution in [2.45, 2.75) is 0 Å². The summed E-state index contributed by atoms with van der Waals surface area (Å²) in [6.45, 7) is 1.72. The minimum atomic E-state index is 0.827. The van der Waals surface area contributed by atoms with Gasteiger partial charge < -0.3 is 10.1 Å². The highest BCUT2D eigenvalue weighted by molar-refractivity contribution is 6.03. The van der Waals surface area contributed by atoms with Crippen molar-refractivity contribution in [2.75, 3.05) is 20.2 Å². The zero-order valence-corrected chi connectivity index (χ0v) is 11.9. The number of benzene rings is 1. The Bertz CT molecular complexity index is 677. The largest absolute Gasteiger partial charge is 0.497 e. The number of ether oxygens (including phenoxy) is 1. The summed E-state index contributed by atoms with van der Waals surface area (Å²) in [4.78, 5) is 8.54.